The van der Waals surface area contributed by atoms with Crippen molar-refractivity contribution in [3.63, 3.8) is 0 Å². The van der Waals surface area contributed by atoms with Crippen molar-refractivity contribution in [1.82, 2.24) is 15.1 Å². The first-order valence-corrected chi connectivity index (χ1v) is 7.43. The molecule has 2 rings (SSSR count). The second-order valence-electron chi connectivity index (χ2n) is 4.71. The van der Waals surface area contributed by atoms with Crippen LogP contribution in [-0.2, 0) is 7.05 Å². The van der Waals surface area contributed by atoms with Gasteiger partial charge in [0.15, 0.2) is 5.75 Å². The SMILES string of the molecule is CCNC(c1ccc(Br)cc1C)c1c(OC)cnn1C. The Kier molecular flexibility index (Phi) is 4.83. The molecule has 0 radical (unpaired) electrons. The van der Waals surface area contributed by atoms with Crippen LogP contribution in [-0.4, -0.2) is 23.4 Å². The molecule has 20 heavy (non-hydrogen) atoms. The summed E-state index contributed by atoms with van der Waals surface area (Å²) in [5.41, 5.74) is 3.50. The van der Waals surface area contributed by atoms with E-state index in [4.69, 9.17) is 4.74 Å². The van der Waals surface area contributed by atoms with E-state index in [0.29, 0.717) is 0 Å². The van der Waals surface area contributed by atoms with E-state index in [9.17, 15) is 0 Å². The number of benzene rings is 1. The Hall–Kier alpha value is -1.33. The summed E-state index contributed by atoms with van der Waals surface area (Å²) in [5, 5.41) is 7.83. The molecule has 1 aromatic heterocycles. The first kappa shape index (κ1) is 15.1. The van der Waals surface area contributed by atoms with Crippen LogP contribution < -0.4 is 10.1 Å². The van der Waals surface area contributed by atoms with Gasteiger partial charge in [0.2, 0.25) is 0 Å². The van der Waals surface area contributed by atoms with Gasteiger partial charge in [0.25, 0.3) is 0 Å². The van der Waals surface area contributed by atoms with Crippen LogP contribution in [0.3, 0.4) is 0 Å². The molecule has 0 spiro atoms. The van der Waals surface area contributed by atoms with Gasteiger partial charge in [-0.1, -0.05) is 28.9 Å². The topological polar surface area (TPSA) is 39.1 Å². The third-order valence-corrected chi connectivity index (χ3v) is 3.89. The minimum absolute atomic E-state index is 0.0653. The highest BCUT2D eigenvalue weighted by molar-refractivity contribution is 9.10. The van der Waals surface area contributed by atoms with Crippen LogP contribution in [0.25, 0.3) is 0 Å². The van der Waals surface area contributed by atoms with E-state index in [0.717, 1.165) is 22.5 Å². The molecule has 1 N–H and O–H groups in total. The Morgan fingerprint density at radius 3 is 2.80 bits per heavy atom. The molecule has 0 aliphatic heterocycles. The Balaban J connectivity index is 2.53. The zero-order chi connectivity index (χ0) is 14.7. The summed E-state index contributed by atoms with van der Waals surface area (Å²) < 4.78 is 8.40. The van der Waals surface area contributed by atoms with Crippen molar-refractivity contribution < 1.29 is 4.74 Å². The van der Waals surface area contributed by atoms with E-state index < -0.39 is 0 Å². The van der Waals surface area contributed by atoms with Gasteiger partial charge in [0.05, 0.1) is 19.3 Å². The van der Waals surface area contributed by atoms with Gasteiger partial charge >= 0.3 is 0 Å². The van der Waals surface area contributed by atoms with Crippen molar-refractivity contribution in [2.75, 3.05) is 13.7 Å². The number of hydrogen-bond donors (Lipinski definition) is 1. The molecule has 5 heteroatoms. The molecule has 2 aromatic rings. The van der Waals surface area contributed by atoms with Gasteiger partial charge in [-0.05, 0) is 36.7 Å². The average molecular weight is 338 g/mol. The van der Waals surface area contributed by atoms with Gasteiger partial charge in [0, 0.05) is 11.5 Å². The van der Waals surface area contributed by atoms with Crippen molar-refractivity contribution in [2.24, 2.45) is 7.05 Å². The van der Waals surface area contributed by atoms with Crippen LogP contribution in [0, 0.1) is 6.92 Å². The van der Waals surface area contributed by atoms with E-state index in [-0.39, 0.29) is 6.04 Å². The summed E-state index contributed by atoms with van der Waals surface area (Å²) in [7, 11) is 3.62. The molecule has 1 heterocycles. The number of methoxy groups -OCH3 is 1. The third-order valence-electron chi connectivity index (χ3n) is 3.39. The smallest absolute Gasteiger partial charge is 0.161 e. The number of nitrogens with one attached hydrogen (secondary N) is 1. The molecular weight excluding hydrogens is 318 g/mol. The van der Waals surface area contributed by atoms with Gasteiger partial charge in [-0.25, -0.2) is 0 Å². The number of halogens is 1. The highest BCUT2D eigenvalue weighted by Crippen LogP contribution is 2.32. The fourth-order valence-electron chi connectivity index (χ4n) is 2.43. The molecule has 0 aliphatic carbocycles. The van der Waals surface area contributed by atoms with Gasteiger partial charge in [-0.3, -0.25) is 4.68 Å². The van der Waals surface area contributed by atoms with Crippen LogP contribution >= 0.6 is 15.9 Å². The fraction of sp³-hybridized carbons (Fsp3) is 0.400. The lowest BCUT2D eigenvalue weighted by Crippen LogP contribution is -2.25. The van der Waals surface area contributed by atoms with Crippen LogP contribution in [0.15, 0.2) is 28.9 Å². The van der Waals surface area contributed by atoms with E-state index >= 15 is 0 Å². The molecule has 0 amide bonds. The second-order valence-corrected chi connectivity index (χ2v) is 5.63. The van der Waals surface area contributed by atoms with E-state index in [1.165, 1.54) is 11.1 Å². The molecule has 0 saturated carbocycles. The Labute approximate surface area is 128 Å². The quantitative estimate of drug-likeness (QED) is 0.910. The van der Waals surface area contributed by atoms with Crippen LogP contribution in [0.5, 0.6) is 5.75 Å². The Morgan fingerprint density at radius 2 is 2.20 bits per heavy atom. The minimum atomic E-state index is 0.0653. The highest BCUT2D eigenvalue weighted by Gasteiger charge is 2.23. The number of nitrogens with zero attached hydrogens (tertiary/aromatic N) is 2. The van der Waals surface area contributed by atoms with Gasteiger partial charge in [-0.15, -0.1) is 0 Å². The fourth-order valence-corrected chi connectivity index (χ4v) is 2.91. The molecule has 1 aromatic carbocycles. The van der Waals surface area contributed by atoms with E-state index in [1.807, 2.05) is 11.7 Å². The lowest BCUT2D eigenvalue weighted by atomic mass is 9.98. The molecular formula is C15H20BrN3O. The van der Waals surface area contributed by atoms with Crippen molar-refractivity contribution in [2.45, 2.75) is 19.9 Å². The maximum absolute atomic E-state index is 5.45. The number of rotatable bonds is 5. The molecule has 0 bridgehead atoms. The normalized spacial score (nSPS) is 12.4. The monoisotopic (exact) mass is 337 g/mol. The second kappa shape index (κ2) is 6.41. The lowest BCUT2D eigenvalue weighted by Gasteiger charge is -2.22. The zero-order valence-corrected chi connectivity index (χ0v) is 13.9. The Morgan fingerprint density at radius 1 is 1.45 bits per heavy atom. The van der Waals surface area contributed by atoms with Crippen molar-refractivity contribution in [3.05, 3.63) is 45.7 Å². The summed E-state index contributed by atoms with van der Waals surface area (Å²) in [6.45, 7) is 5.09. The number of ether oxygens (including phenoxy) is 1. The molecule has 0 saturated heterocycles. The predicted molar refractivity (Wildman–Crippen MR) is 84.2 cm³/mol. The summed E-state index contributed by atoms with van der Waals surface area (Å²) in [6, 6.07) is 6.40. The maximum Gasteiger partial charge on any atom is 0.161 e. The predicted octanol–water partition coefficient (Wildman–Crippen LogP) is 3.20. The molecule has 0 aliphatic rings. The highest BCUT2D eigenvalue weighted by atomic mass is 79.9. The van der Waals surface area contributed by atoms with Crippen LogP contribution in [0.1, 0.15) is 29.8 Å². The molecule has 0 fully saturated rings. The van der Waals surface area contributed by atoms with E-state index in [1.54, 1.807) is 13.3 Å². The summed E-state index contributed by atoms with van der Waals surface area (Å²) >= 11 is 3.51. The average Bonchev–Trinajstić information content (AvgIpc) is 2.78. The van der Waals surface area contributed by atoms with Crippen molar-refractivity contribution in [1.29, 1.82) is 0 Å². The van der Waals surface area contributed by atoms with Crippen LogP contribution in [0.4, 0.5) is 0 Å². The van der Waals surface area contributed by atoms with Gasteiger partial charge in [0.1, 0.15) is 5.69 Å². The van der Waals surface area contributed by atoms with Gasteiger partial charge in [-0.2, -0.15) is 5.10 Å². The first-order chi connectivity index (χ1) is 9.58. The standard InChI is InChI=1S/C15H20BrN3O/c1-5-17-14(12-7-6-11(16)8-10(12)2)15-13(20-4)9-18-19(15)3/h6-9,14,17H,5H2,1-4H3. The number of aryl methyl sites for hydroxylation is 2. The van der Waals surface area contributed by atoms with Crippen LogP contribution in [0.2, 0.25) is 0 Å². The molecule has 108 valence electrons. The third kappa shape index (κ3) is 2.88. The molecule has 1 atom stereocenters. The van der Waals surface area contributed by atoms with Crippen molar-refractivity contribution >= 4 is 15.9 Å². The first-order valence-electron chi connectivity index (χ1n) is 6.63. The minimum Gasteiger partial charge on any atom is -0.493 e. The zero-order valence-electron chi connectivity index (χ0n) is 12.3. The number of aromatic nitrogens is 2. The van der Waals surface area contributed by atoms with E-state index in [2.05, 4.69) is 58.4 Å². The summed E-state index contributed by atoms with van der Waals surface area (Å²) in [4.78, 5) is 0. The Bertz CT molecular complexity index is 595. The largest absolute Gasteiger partial charge is 0.493 e. The lowest BCUT2D eigenvalue weighted by molar-refractivity contribution is 0.401. The molecule has 4 nitrogen and oxygen atoms in total. The van der Waals surface area contributed by atoms with Crippen molar-refractivity contribution in [3.8, 4) is 5.75 Å². The number of hydrogen-bond acceptors (Lipinski definition) is 3. The maximum atomic E-state index is 5.45. The molecule has 1 unspecified atom stereocenters. The van der Waals surface area contributed by atoms with Gasteiger partial charge < -0.3 is 10.1 Å². The summed E-state index contributed by atoms with van der Waals surface area (Å²) in [6.07, 6.45) is 1.76. The summed E-state index contributed by atoms with van der Waals surface area (Å²) in [5.74, 6) is 0.806.